The van der Waals surface area contributed by atoms with Crippen molar-refractivity contribution in [2.24, 2.45) is 0 Å². The molecule has 6 nitrogen and oxygen atoms in total. The Kier molecular flexibility index (Phi) is 6.99. The topological polar surface area (TPSA) is 76.5 Å². The first-order valence-corrected chi connectivity index (χ1v) is 9.81. The van der Waals surface area contributed by atoms with Crippen molar-refractivity contribution in [2.45, 2.75) is 39.0 Å². The molecule has 1 aromatic carbocycles. The van der Waals surface area contributed by atoms with E-state index in [9.17, 15) is 0 Å². The van der Waals surface area contributed by atoms with E-state index in [1.807, 2.05) is 6.07 Å². The number of rotatable bonds is 7. The Morgan fingerprint density at radius 3 is 2.61 bits per heavy atom. The number of anilines is 1. The molecular weight excluding hydrogens is 401 g/mol. The molecule has 0 spiro atoms. The van der Waals surface area contributed by atoms with Gasteiger partial charge in [0, 0.05) is 47.6 Å². The maximum Gasteiger partial charge on any atom is 0.162 e. The van der Waals surface area contributed by atoms with Crippen LogP contribution in [0.4, 0.5) is 5.69 Å². The van der Waals surface area contributed by atoms with Crippen molar-refractivity contribution in [3.63, 3.8) is 0 Å². The molecule has 0 aliphatic carbocycles. The number of aromatic nitrogens is 1. The lowest BCUT2D eigenvalue weighted by Crippen LogP contribution is -2.28. The van der Waals surface area contributed by atoms with Crippen LogP contribution in [0.3, 0.4) is 0 Å². The minimum Gasteiger partial charge on any atom is -0.493 e. The summed E-state index contributed by atoms with van der Waals surface area (Å²) in [6.45, 7) is 2.63. The lowest BCUT2D eigenvalue weighted by molar-refractivity contribution is 0.0343. The summed E-state index contributed by atoms with van der Waals surface area (Å²) in [5, 5.41) is 12.4. The number of nitrogens with one attached hydrogen (secondary N) is 2. The summed E-state index contributed by atoms with van der Waals surface area (Å²) < 4.78 is 17.2. The molecule has 1 unspecified atom stereocenters. The number of hydrogen-bond donors (Lipinski definition) is 2. The van der Waals surface area contributed by atoms with Gasteiger partial charge in [0.1, 0.15) is 12.8 Å². The van der Waals surface area contributed by atoms with Crippen LogP contribution in [-0.4, -0.2) is 30.6 Å². The van der Waals surface area contributed by atoms with E-state index in [4.69, 9.17) is 42.8 Å². The first-order chi connectivity index (χ1) is 13.5. The Morgan fingerprint density at radius 1 is 1.25 bits per heavy atom. The second-order valence-electron chi connectivity index (χ2n) is 6.54. The average Bonchev–Trinajstić information content (AvgIpc) is 2.68. The fourth-order valence-electron chi connectivity index (χ4n) is 3.02. The minimum atomic E-state index is -0.0715. The molecule has 1 atom stereocenters. The van der Waals surface area contributed by atoms with Gasteiger partial charge in [0.2, 0.25) is 0 Å². The molecule has 1 fully saturated rings. The van der Waals surface area contributed by atoms with Gasteiger partial charge in [-0.25, -0.2) is 0 Å². The van der Waals surface area contributed by atoms with Crippen molar-refractivity contribution < 1.29 is 14.2 Å². The predicted molar refractivity (Wildman–Crippen MR) is 111 cm³/mol. The number of halogens is 2. The van der Waals surface area contributed by atoms with Gasteiger partial charge in [0.05, 0.1) is 17.2 Å². The zero-order valence-corrected chi connectivity index (χ0v) is 17.4. The van der Waals surface area contributed by atoms with Gasteiger partial charge in [-0.3, -0.25) is 4.98 Å². The minimum absolute atomic E-state index is 0.0715. The third-order valence-electron chi connectivity index (χ3n) is 4.53. The van der Waals surface area contributed by atoms with Crippen LogP contribution in [0.1, 0.15) is 37.3 Å². The summed E-state index contributed by atoms with van der Waals surface area (Å²) in [5.74, 6) is 1.05. The van der Waals surface area contributed by atoms with Gasteiger partial charge in [0.15, 0.2) is 11.5 Å². The molecule has 2 aromatic rings. The van der Waals surface area contributed by atoms with Crippen LogP contribution in [0, 0.1) is 5.41 Å². The molecule has 0 bridgehead atoms. The van der Waals surface area contributed by atoms with Crippen LogP contribution in [0.25, 0.3) is 0 Å². The predicted octanol–water partition coefficient (Wildman–Crippen LogP) is 5.30. The van der Waals surface area contributed by atoms with Crippen molar-refractivity contribution in [3.05, 3.63) is 45.7 Å². The Labute approximate surface area is 174 Å². The number of benzene rings is 1. The smallest absolute Gasteiger partial charge is 0.162 e. The average molecular weight is 424 g/mol. The van der Waals surface area contributed by atoms with E-state index in [0.29, 0.717) is 32.8 Å². The normalized spacial score (nSPS) is 16.5. The molecule has 1 aliphatic rings. The molecule has 1 saturated heterocycles. The number of pyridine rings is 1. The fourth-order valence-corrected chi connectivity index (χ4v) is 3.49. The second-order valence-corrected chi connectivity index (χ2v) is 7.36. The molecule has 2 heterocycles. The van der Waals surface area contributed by atoms with E-state index in [1.54, 1.807) is 20.1 Å². The number of ether oxygens (including phenoxy) is 3. The number of hydrogen-bond acceptors (Lipinski definition) is 6. The lowest BCUT2D eigenvalue weighted by atomic mass is 10.1. The first kappa shape index (κ1) is 20.7. The molecule has 28 heavy (non-hydrogen) atoms. The zero-order valence-electron chi connectivity index (χ0n) is 15.9. The van der Waals surface area contributed by atoms with E-state index >= 15 is 0 Å². The van der Waals surface area contributed by atoms with Crippen molar-refractivity contribution >= 4 is 34.6 Å². The van der Waals surface area contributed by atoms with Crippen molar-refractivity contribution in [3.8, 4) is 11.5 Å². The van der Waals surface area contributed by atoms with Gasteiger partial charge >= 0.3 is 0 Å². The third kappa shape index (κ3) is 4.87. The monoisotopic (exact) mass is 423 g/mol. The van der Waals surface area contributed by atoms with Gasteiger partial charge < -0.3 is 24.9 Å². The third-order valence-corrected chi connectivity index (χ3v) is 5.18. The van der Waals surface area contributed by atoms with Crippen LogP contribution in [0.2, 0.25) is 10.0 Å². The molecule has 8 heteroatoms. The highest BCUT2D eigenvalue weighted by Gasteiger charge is 2.19. The molecule has 1 aromatic heterocycles. The first-order valence-electron chi connectivity index (χ1n) is 9.06. The van der Waals surface area contributed by atoms with Gasteiger partial charge in [-0.2, -0.15) is 0 Å². The van der Waals surface area contributed by atoms with E-state index < -0.39 is 0 Å². The fraction of sp³-hybridized carbons (Fsp3) is 0.400. The van der Waals surface area contributed by atoms with E-state index in [0.717, 1.165) is 37.1 Å². The maximum absolute atomic E-state index is 8.15. The van der Waals surface area contributed by atoms with E-state index in [-0.39, 0.29) is 12.8 Å². The van der Waals surface area contributed by atoms with Crippen molar-refractivity contribution in [1.29, 1.82) is 5.41 Å². The molecule has 1 aliphatic heterocycles. The summed E-state index contributed by atoms with van der Waals surface area (Å²) in [7, 11) is 1.58. The van der Waals surface area contributed by atoms with Gasteiger partial charge in [-0.1, -0.05) is 23.2 Å². The Bertz CT molecular complexity index is 835. The SMILES string of the molecule is COc1cc(NC2CCCCO2)c(C(C)=N)cc1OCc1c(Cl)cncc1Cl. The highest BCUT2D eigenvalue weighted by atomic mass is 35.5. The van der Waals surface area contributed by atoms with Gasteiger partial charge in [-0.05, 0) is 32.3 Å². The highest BCUT2D eigenvalue weighted by Crippen LogP contribution is 2.36. The van der Waals surface area contributed by atoms with Crippen LogP contribution in [0.15, 0.2) is 24.5 Å². The van der Waals surface area contributed by atoms with Crippen molar-refractivity contribution in [2.75, 3.05) is 19.0 Å². The standard InChI is InChI=1S/C20H23Cl2N3O3/c1-12(23)13-7-19(28-11-14-15(21)9-24-10-16(14)22)18(26-2)8-17(13)25-20-5-3-4-6-27-20/h7-10,20,23,25H,3-6,11H2,1-2H3. The summed E-state index contributed by atoms with van der Waals surface area (Å²) in [6.07, 6.45) is 6.09. The van der Waals surface area contributed by atoms with Crippen molar-refractivity contribution in [1.82, 2.24) is 4.98 Å². The summed E-state index contributed by atoms with van der Waals surface area (Å²) in [6, 6.07) is 3.62. The highest BCUT2D eigenvalue weighted by molar-refractivity contribution is 6.35. The van der Waals surface area contributed by atoms with E-state index in [2.05, 4.69) is 10.3 Å². The van der Waals surface area contributed by atoms with Crippen LogP contribution in [-0.2, 0) is 11.3 Å². The molecule has 0 amide bonds. The molecule has 0 saturated carbocycles. The molecule has 150 valence electrons. The molecule has 3 rings (SSSR count). The van der Waals surface area contributed by atoms with Gasteiger partial charge in [0.25, 0.3) is 0 Å². The second kappa shape index (κ2) is 9.45. The molecule has 0 radical (unpaired) electrons. The number of methoxy groups -OCH3 is 1. The summed E-state index contributed by atoms with van der Waals surface area (Å²) in [4.78, 5) is 3.95. The van der Waals surface area contributed by atoms with Gasteiger partial charge in [-0.15, -0.1) is 0 Å². The Balaban J connectivity index is 1.86. The van der Waals surface area contributed by atoms with Crippen LogP contribution in [0.5, 0.6) is 11.5 Å². The van der Waals surface area contributed by atoms with Crippen LogP contribution >= 0.6 is 23.2 Å². The molecule has 2 N–H and O–H groups in total. The Morgan fingerprint density at radius 2 is 2.00 bits per heavy atom. The molecular formula is C20H23Cl2N3O3. The lowest BCUT2D eigenvalue weighted by Gasteiger charge is -2.26. The maximum atomic E-state index is 8.15. The number of nitrogens with zero attached hydrogens (tertiary/aromatic N) is 1. The summed E-state index contributed by atoms with van der Waals surface area (Å²) in [5.41, 5.74) is 2.55. The Hall–Kier alpha value is -2.02. The largest absolute Gasteiger partial charge is 0.493 e. The van der Waals surface area contributed by atoms with E-state index in [1.165, 1.54) is 12.4 Å². The summed E-state index contributed by atoms with van der Waals surface area (Å²) >= 11 is 12.3. The quantitative estimate of drug-likeness (QED) is 0.590. The zero-order chi connectivity index (χ0) is 20.1. The van der Waals surface area contributed by atoms with Crippen LogP contribution < -0.4 is 14.8 Å².